The fourth-order valence-electron chi connectivity index (χ4n) is 10.4. The number of rotatable bonds is 50. The first-order valence-electron chi connectivity index (χ1n) is 31.3. The highest BCUT2D eigenvalue weighted by Gasteiger charge is 2.36. The predicted octanol–water partition coefficient (Wildman–Crippen LogP) is 7.55. The normalized spacial score (nSPS) is 17.0. The number of thioether (sulfide) groups is 2. The van der Waals surface area contributed by atoms with E-state index in [-0.39, 0.29) is 119 Å². The van der Waals surface area contributed by atoms with E-state index in [1.165, 1.54) is 74.9 Å². The molecule has 4 amide bonds. The van der Waals surface area contributed by atoms with Crippen LogP contribution in [0.25, 0.3) is 0 Å². The van der Waals surface area contributed by atoms with E-state index in [4.69, 9.17) is 16.6 Å². The molecule has 1 aliphatic heterocycles. The van der Waals surface area contributed by atoms with E-state index in [9.17, 15) is 63.0 Å². The second-order valence-corrected chi connectivity index (χ2v) is 25.9. The van der Waals surface area contributed by atoms with Crippen molar-refractivity contribution in [1.29, 1.82) is 0 Å². The molecule has 1 saturated heterocycles. The molecule has 12 N–H and O–H groups in total. The Bertz CT molecular complexity index is 2020. The number of aliphatic carboxylic acids is 3. The van der Waals surface area contributed by atoms with Crippen molar-refractivity contribution >= 4 is 88.2 Å². The van der Waals surface area contributed by atoms with Crippen molar-refractivity contribution in [1.82, 2.24) is 26.6 Å². The molecular formula is C61H107N7O14S2. The van der Waals surface area contributed by atoms with Crippen molar-refractivity contribution in [2.24, 2.45) is 29.2 Å². The van der Waals surface area contributed by atoms with Crippen molar-refractivity contribution in [2.75, 3.05) is 36.2 Å². The number of carbonyl (C=O) groups excluding carboxylic acids is 8. The van der Waals surface area contributed by atoms with Crippen LogP contribution < -0.4 is 38.1 Å². The highest BCUT2D eigenvalue weighted by molar-refractivity contribution is 8.16. The summed E-state index contributed by atoms with van der Waals surface area (Å²) in [6.45, 7) is 7.90. The fraction of sp³-hybridized carbons (Fsp3) is 0.820. The van der Waals surface area contributed by atoms with Gasteiger partial charge in [-0.05, 0) is 90.0 Å². The van der Waals surface area contributed by atoms with Gasteiger partial charge in [-0.3, -0.25) is 53.3 Å². The zero-order valence-corrected chi connectivity index (χ0v) is 52.8. The second-order valence-electron chi connectivity index (χ2n) is 23.5. The molecule has 0 unspecified atom stereocenters. The first kappa shape index (κ1) is 77.6. The van der Waals surface area contributed by atoms with E-state index in [2.05, 4.69) is 26.6 Å². The molecule has 84 heavy (non-hydrogen) atoms. The lowest BCUT2D eigenvalue weighted by atomic mass is 9.84. The Hall–Kier alpha value is -4.45. The Morgan fingerprint density at radius 3 is 1.75 bits per heavy atom. The van der Waals surface area contributed by atoms with Crippen LogP contribution >= 0.6 is 23.5 Å². The molecule has 0 aromatic carbocycles. The monoisotopic (exact) mass is 1230 g/mol. The molecular weight excluding hydrogens is 1120 g/mol. The molecule has 7 atom stereocenters. The van der Waals surface area contributed by atoms with E-state index in [0.29, 0.717) is 61.7 Å². The van der Waals surface area contributed by atoms with Gasteiger partial charge in [0.1, 0.15) is 11.8 Å². The van der Waals surface area contributed by atoms with Gasteiger partial charge in [0.15, 0.2) is 17.3 Å². The van der Waals surface area contributed by atoms with Crippen molar-refractivity contribution in [3.8, 4) is 0 Å². The number of hydrogen-bond acceptors (Lipinski definition) is 16. The molecule has 0 saturated carbocycles. The van der Waals surface area contributed by atoms with Gasteiger partial charge in [0.25, 0.3) is 0 Å². The third kappa shape index (κ3) is 37.2. The SMILES string of the molecule is CCC(=O)[C@](C)(CC(C)C)NC(=O)[C@H](CCCN)CCC(=O)[C@@H]1CSCSC[C@H](NC(=O)[C@@H](N)CCCCNC(=O)CC[C@H](NC(=O)CC[C@H](CC(=O)CCCCCCCCCCCCCCCCCCC(=O)O)C(=O)O)C(=O)O)C(=O)CN1. The molecule has 1 rings (SSSR count). The van der Waals surface area contributed by atoms with Gasteiger partial charge in [-0.1, -0.05) is 111 Å². The Morgan fingerprint density at radius 2 is 1.20 bits per heavy atom. The number of nitrogens with one attached hydrogen (secondary N) is 5. The van der Waals surface area contributed by atoms with E-state index in [0.717, 1.165) is 44.9 Å². The van der Waals surface area contributed by atoms with Crippen molar-refractivity contribution in [3.63, 3.8) is 0 Å². The van der Waals surface area contributed by atoms with Gasteiger partial charge in [-0.2, -0.15) is 0 Å². The maximum Gasteiger partial charge on any atom is 0.326 e. The summed E-state index contributed by atoms with van der Waals surface area (Å²) in [6, 6.07) is -3.88. The second kappa shape index (κ2) is 46.7. The fourth-order valence-corrected chi connectivity index (χ4v) is 12.7. The zero-order chi connectivity index (χ0) is 62.7. The van der Waals surface area contributed by atoms with Gasteiger partial charge < -0.3 is 48.1 Å². The topological polar surface area (TPSA) is 361 Å². The highest BCUT2D eigenvalue weighted by atomic mass is 32.2. The van der Waals surface area contributed by atoms with Gasteiger partial charge >= 0.3 is 17.9 Å². The number of amides is 4. The van der Waals surface area contributed by atoms with Crippen LogP contribution in [0.3, 0.4) is 0 Å². The molecule has 21 nitrogen and oxygen atoms in total. The smallest absolute Gasteiger partial charge is 0.326 e. The summed E-state index contributed by atoms with van der Waals surface area (Å²) >= 11 is 2.97. The Balaban J connectivity index is 2.41. The Labute approximate surface area is 508 Å². The molecule has 0 aliphatic carbocycles. The number of ketones is 4. The van der Waals surface area contributed by atoms with Crippen LogP contribution in [0.5, 0.6) is 0 Å². The first-order valence-corrected chi connectivity index (χ1v) is 33.6. The quantitative estimate of drug-likeness (QED) is 0.0263. The van der Waals surface area contributed by atoms with E-state index in [1.807, 2.05) is 13.8 Å². The van der Waals surface area contributed by atoms with Gasteiger partial charge in [0.2, 0.25) is 23.6 Å². The average Bonchev–Trinajstić information content (AvgIpc) is 3.65. The summed E-state index contributed by atoms with van der Waals surface area (Å²) in [4.78, 5) is 139. The molecule has 0 bridgehead atoms. The number of unbranched alkanes of at least 4 members (excludes halogenated alkanes) is 16. The van der Waals surface area contributed by atoms with Crippen LogP contribution in [-0.2, 0) is 52.7 Å². The van der Waals surface area contributed by atoms with Crippen LogP contribution in [0.1, 0.15) is 233 Å². The van der Waals surface area contributed by atoms with E-state index < -0.39 is 77.2 Å². The van der Waals surface area contributed by atoms with Gasteiger partial charge in [-0.15, -0.1) is 23.5 Å². The van der Waals surface area contributed by atoms with Crippen LogP contribution in [0, 0.1) is 17.8 Å². The maximum absolute atomic E-state index is 13.6. The van der Waals surface area contributed by atoms with Crippen LogP contribution in [0.2, 0.25) is 0 Å². The molecule has 1 aliphatic rings. The minimum absolute atomic E-state index is 0.0591. The molecule has 482 valence electrons. The van der Waals surface area contributed by atoms with Gasteiger partial charge in [0, 0.05) is 74.0 Å². The first-order chi connectivity index (χ1) is 40.0. The predicted molar refractivity (Wildman–Crippen MR) is 330 cm³/mol. The standard InChI is InChI=1S/C61H107N7O14S2/c1-5-53(72)61(4,38-43(2)3)68-57(77)44(25-24-35-62)29-32-51(70)49-40-83-42-84-41-50(52(71)39-65-49)67-58(78)47(63)27-22-23-36-64-54(73)34-31-48(60(81)82)66-55(74)33-30-45(59(79)80)37-46(69)26-20-18-16-14-12-10-8-6-7-9-11-13-15-17-19-21-28-56(75)76/h43-45,47-50,65H,5-42,62-63H2,1-4H3,(H,64,73)(H,66,74)(H,67,78)(H,68,77)(H,75,76)(H,79,80)(H,81,82)/t44-,45-,47+,48+,49+,50+,61+/m1/s1. The Kier molecular flexibility index (Phi) is 43.1. The average molecular weight is 1230 g/mol. The molecule has 23 heteroatoms. The summed E-state index contributed by atoms with van der Waals surface area (Å²) in [6.07, 6.45) is 20.0. The number of carboxylic acid groups (broad SMARTS) is 3. The molecule has 1 heterocycles. The van der Waals surface area contributed by atoms with E-state index in [1.54, 1.807) is 13.8 Å². The van der Waals surface area contributed by atoms with Crippen LogP contribution in [-0.4, -0.2) is 146 Å². The van der Waals surface area contributed by atoms with E-state index >= 15 is 0 Å². The van der Waals surface area contributed by atoms with Crippen LogP contribution in [0.15, 0.2) is 0 Å². The van der Waals surface area contributed by atoms with Gasteiger partial charge in [-0.25, -0.2) is 4.79 Å². The summed E-state index contributed by atoms with van der Waals surface area (Å²) in [5.74, 6) is -6.70. The number of Topliss-reactive ketones (excluding diaryl/α,β-unsaturated/α-hetero) is 4. The third-order valence-electron chi connectivity index (χ3n) is 15.4. The number of carboxylic acids is 3. The summed E-state index contributed by atoms with van der Waals surface area (Å²) < 4.78 is 0. The number of nitrogens with two attached hydrogens (primary N) is 2. The third-order valence-corrected chi connectivity index (χ3v) is 17.9. The van der Waals surface area contributed by atoms with Crippen molar-refractivity contribution < 1.29 is 68.1 Å². The molecule has 1 fully saturated rings. The lowest BCUT2D eigenvalue weighted by Crippen LogP contribution is -2.54. The Morgan fingerprint density at radius 1 is 0.643 bits per heavy atom. The molecule has 0 spiro atoms. The largest absolute Gasteiger partial charge is 0.481 e. The summed E-state index contributed by atoms with van der Waals surface area (Å²) in [7, 11) is 0. The molecule has 0 aromatic heterocycles. The maximum atomic E-state index is 13.6. The highest BCUT2D eigenvalue weighted by Crippen LogP contribution is 2.24. The minimum atomic E-state index is -1.40. The lowest BCUT2D eigenvalue weighted by Gasteiger charge is -2.32. The zero-order valence-electron chi connectivity index (χ0n) is 51.2. The number of hydrogen-bond donors (Lipinski definition) is 10. The lowest BCUT2D eigenvalue weighted by molar-refractivity contribution is -0.145. The van der Waals surface area contributed by atoms with Crippen molar-refractivity contribution in [3.05, 3.63) is 0 Å². The summed E-state index contributed by atoms with van der Waals surface area (Å²) in [5, 5.41) is 42.6. The number of carbonyl (C=O) groups is 11. The molecule has 0 radical (unpaired) electrons. The molecule has 0 aromatic rings. The van der Waals surface area contributed by atoms with Gasteiger partial charge in [0.05, 0.1) is 36.1 Å². The van der Waals surface area contributed by atoms with Crippen LogP contribution in [0.4, 0.5) is 0 Å². The summed E-state index contributed by atoms with van der Waals surface area (Å²) in [5.41, 5.74) is 11.0. The van der Waals surface area contributed by atoms with Crippen molar-refractivity contribution in [2.45, 2.75) is 263 Å². The minimum Gasteiger partial charge on any atom is -0.481 e.